The molecule has 1 heterocycles. The number of carbonyl (C=O) groups excluding carboxylic acids is 2. The molecule has 0 radical (unpaired) electrons. The predicted molar refractivity (Wildman–Crippen MR) is 62.4 cm³/mol. The SMILES string of the molecule is CC1(C)C=CC(=O)C(C(=O)c2ncccn2)C1. The largest absolute Gasteiger partial charge is 0.294 e. The molecule has 0 saturated carbocycles. The molecule has 88 valence electrons. The normalized spacial score (nSPS) is 22.5. The highest BCUT2D eigenvalue weighted by molar-refractivity contribution is 6.13. The maximum Gasteiger partial charge on any atom is 0.210 e. The Balaban J connectivity index is 2.27. The number of carbonyl (C=O) groups is 2. The molecule has 1 aromatic rings. The summed E-state index contributed by atoms with van der Waals surface area (Å²) >= 11 is 0. The van der Waals surface area contributed by atoms with Crippen molar-refractivity contribution in [3.63, 3.8) is 0 Å². The van der Waals surface area contributed by atoms with Crippen molar-refractivity contribution < 1.29 is 9.59 Å². The fourth-order valence-electron chi connectivity index (χ4n) is 1.92. The fourth-order valence-corrected chi connectivity index (χ4v) is 1.92. The van der Waals surface area contributed by atoms with E-state index in [0.717, 1.165) is 0 Å². The van der Waals surface area contributed by atoms with E-state index >= 15 is 0 Å². The van der Waals surface area contributed by atoms with Gasteiger partial charge in [0.1, 0.15) is 0 Å². The highest BCUT2D eigenvalue weighted by Gasteiger charge is 2.35. The number of rotatable bonds is 2. The number of allylic oxidation sites excluding steroid dienone is 2. The second kappa shape index (κ2) is 4.20. The van der Waals surface area contributed by atoms with Gasteiger partial charge in [0, 0.05) is 12.4 Å². The van der Waals surface area contributed by atoms with Gasteiger partial charge in [-0.3, -0.25) is 9.59 Å². The van der Waals surface area contributed by atoms with Crippen LogP contribution in [0, 0.1) is 11.3 Å². The zero-order valence-corrected chi connectivity index (χ0v) is 9.88. The van der Waals surface area contributed by atoms with E-state index in [9.17, 15) is 9.59 Å². The van der Waals surface area contributed by atoms with E-state index in [2.05, 4.69) is 9.97 Å². The van der Waals surface area contributed by atoms with Gasteiger partial charge in [-0.05, 0) is 24.0 Å². The van der Waals surface area contributed by atoms with Crippen molar-refractivity contribution in [2.45, 2.75) is 20.3 Å². The molecule has 0 aromatic carbocycles. The summed E-state index contributed by atoms with van der Waals surface area (Å²) in [5.74, 6) is -0.954. The molecule has 2 rings (SSSR count). The van der Waals surface area contributed by atoms with Crippen molar-refractivity contribution in [3.05, 3.63) is 36.4 Å². The third-order valence-electron chi connectivity index (χ3n) is 2.88. The van der Waals surface area contributed by atoms with Gasteiger partial charge in [0.25, 0.3) is 0 Å². The Bertz CT molecular complexity index is 477. The zero-order chi connectivity index (χ0) is 12.5. The first-order chi connectivity index (χ1) is 7.99. The molecule has 4 nitrogen and oxygen atoms in total. The van der Waals surface area contributed by atoms with Crippen LogP contribution in [0.15, 0.2) is 30.6 Å². The second-order valence-electron chi connectivity index (χ2n) is 4.92. The van der Waals surface area contributed by atoms with Crippen LogP contribution in [0.25, 0.3) is 0 Å². The molecule has 1 aliphatic carbocycles. The first-order valence-electron chi connectivity index (χ1n) is 5.54. The molecule has 17 heavy (non-hydrogen) atoms. The maximum absolute atomic E-state index is 12.1. The molecular formula is C13H14N2O2. The molecule has 1 atom stereocenters. The van der Waals surface area contributed by atoms with E-state index in [1.807, 2.05) is 19.9 Å². The minimum Gasteiger partial charge on any atom is -0.294 e. The Hall–Kier alpha value is -1.84. The van der Waals surface area contributed by atoms with Crippen molar-refractivity contribution in [3.8, 4) is 0 Å². The molecule has 1 aliphatic rings. The lowest BCUT2D eigenvalue weighted by atomic mass is 9.75. The average molecular weight is 230 g/mol. The lowest BCUT2D eigenvalue weighted by molar-refractivity contribution is -0.118. The van der Waals surface area contributed by atoms with E-state index in [-0.39, 0.29) is 22.8 Å². The van der Waals surface area contributed by atoms with E-state index in [1.165, 1.54) is 18.5 Å². The molecule has 0 amide bonds. The van der Waals surface area contributed by atoms with Gasteiger partial charge in [-0.2, -0.15) is 0 Å². The van der Waals surface area contributed by atoms with Gasteiger partial charge in [0.15, 0.2) is 11.6 Å². The number of ketones is 2. The molecule has 0 aliphatic heterocycles. The Labute approximate surface area is 99.8 Å². The second-order valence-corrected chi connectivity index (χ2v) is 4.92. The first kappa shape index (κ1) is 11.6. The Kier molecular flexibility index (Phi) is 2.88. The van der Waals surface area contributed by atoms with Crippen LogP contribution in [0.3, 0.4) is 0 Å². The Morgan fingerprint density at radius 3 is 2.65 bits per heavy atom. The van der Waals surface area contributed by atoms with Gasteiger partial charge in [-0.15, -0.1) is 0 Å². The zero-order valence-electron chi connectivity index (χ0n) is 9.88. The minimum atomic E-state index is -0.641. The number of nitrogens with zero attached hydrogens (tertiary/aromatic N) is 2. The van der Waals surface area contributed by atoms with E-state index in [0.29, 0.717) is 6.42 Å². The number of aromatic nitrogens is 2. The molecule has 0 fully saturated rings. The van der Waals surface area contributed by atoms with Crippen molar-refractivity contribution in [2.24, 2.45) is 11.3 Å². The molecular weight excluding hydrogens is 216 g/mol. The fraction of sp³-hybridized carbons (Fsp3) is 0.385. The third kappa shape index (κ3) is 2.46. The molecule has 4 heteroatoms. The summed E-state index contributed by atoms with van der Waals surface area (Å²) in [6.45, 7) is 4.00. The van der Waals surface area contributed by atoms with Crippen molar-refractivity contribution in [1.29, 1.82) is 0 Å². The highest BCUT2D eigenvalue weighted by atomic mass is 16.2. The Morgan fingerprint density at radius 1 is 1.35 bits per heavy atom. The topological polar surface area (TPSA) is 59.9 Å². The molecule has 0 spiro atoms. The summed E-state index contributed by atoms with van der Waals surface area (Å²) in [5.41, 5.74) is -0.136. The quantitative estimate of drug-likeness (QED) is 0.574. The average Bonchev–Trinajstić information content (AvgIpc) is 2.33. The molecule has 0 bridgehead atoms. The summed E-state index contributed by atoms with van der Waals surface area (Å²) in [4.78, 5) is 31.7. The number of hydrogen-bond acceptors (Lipinski definition) is 4. The van der Waals surface area contributed by atoms with Crippen LogP contribution in [0.5, 0.6) is 0 Å². The van der Waals surface area contributed by atoms with Crippen LogP contribution in [0.4, 0.5) is 0 Å². The van der Waals surface area contributed by atoms with Crippen molar-refractivity contribution >= 4 is 11.6 Å². The van der Waals surface area contributed by atoms with Crippen LogP contribution in [0.2, 0.25) is 0 Å². The lowest BCUT2D eigenvalue weighted by Gasteiger charge is -2.28. The standard InChI is InChI=1S/C13H14N2O2/c1-13(2)5-4-10(16)9(8-13)11(17)12-14-6-3-7-15-12/h3-7,9H,8H2,1-2H3. The van der Waals surface area contributed by atoms with Crippen molar-refractivity contribution in [2.75, 3.05) is 0 Å². The van der Waals surface area contributed by atoms with Gasteiger partial charge in [-0.25, -0.2) is 9.97 Å². The summed E-state index contributed by atoms with van der Waals surface area (Å²) in [6, 6.07) is 1.64. The van der Waals surface area contributed by atoms with E-state index in [1.54, 1.807) is 6.07 Å². The molecule has 1 aromatic heterocycles. The van der Waals surface area contributed by atoms with Crippen LogP contribution in [0.1, 0.15) is 30.9 Å². The smallest absolute Gasteiger partial charge is 0.210 e. The lowest BCUT2D eigenvalue weighted by Crippen LogP contribution is -2.32. The van der Waals surface area contributed by atoms with Gasteiger partial charge in [-0.1, -0.05) is 19.9 Å². The Morgan fingerprint density at radius 2 is 2.00 bits per heavy atom. The monoisotopic (exact) mass is 230 g/mol. The summed E-state index contributed by atoms with van der Waals surface area (Å²) in [6.07, 6.45) is 6.88. The summed E-state index contributed by atoms with van der Waals surface area (Å²) in [7, 11) is 0. The number of Topliss-reactive ketones (excluding diaryl/α,β-unsaturated/α-hetero) is 1. The van der Waals surface area contributed by atoms with Gasteiger partial charge < -0.3 is 0 Å². The van der Waals surface area contributed by atoms with Crippen LogP contribution >= 0.6 is 0 Å². The maximum atomic E-state index is 12.1. The van der Waals surface area contributed by atoms with Gasteiger partial charge >= 0.3 is 0 Å². The minimum absolute atomic E-state index is 0.122. The third-order valence-corrected chi connectivity index (χ3v) is 2.88. The molecule has 1 unspecified atom stereocenters. The van der Waals surface area contributed by atoms with Gasteiger partial charge in [0.2, 0.25) is 5.78 Å². The first-order valence-corrected chi connectivity index (χ1v) is 5.54. The summed E-state index contributed by atoms with van der Waals surface area (Å²) < 4.78 is 0. The number of hydrogen-bond donors (Lipinski definition) is 0. The summed E-state index contributed by atoms with van der Waals surface area (Å²) in [5, 5.41) is 0. The van der Waals surface area contributed by atoms with Gasteiger partial charge in [0.05, 0.1) is 5.92 Å². The molecule has 0 saturated heterocycles. The van der Waals surface area contributed by atoms with Crippen molar-refractivity contribution in [1.82, 2.24) is 9.97 Å². The highest BCUT2D eigenvalue weighted by Crippen LogP contribution is 2.33. The van der Waals surface area contributed by atoms with E-state index in [4.69, 9.17) is 0 Å². The van der Waals surface area contributed by atoms with Crippen LogP contribution in [-0.2, 0) is 4.79 Å². The molecule has 0 N–H and O–H groups in total. The van der Waals surface area contributed by atoms with Crippen LogP contribution in [-0.4, -0.2) is 21.5 Å². The van der Waals surface area contributed by atoms with E-state index < -0.39 is 5.92 Å². The predicted octanol–water partition coefficient (Wildman–Crippen LogP) is 1.83. The van der Waals surface area contributed by atoms with Crippen LogP contribution < -0.4 is 0 Å².